The van der Waals surface area contributed by atoms with Crippen LogP contribution in [0.1, 0.15) is 48.8 Å². The minimum atomic E-state index is -0.230. The van der Waals surface area contributed by atoms with E-state index in [1.807, 2.05) is 30.5 Å². The lowest BCUT2D eigenvalue weighted by Crippen LogP contribution is -2.41. The highest BCUT2D eigenvalue weighted by molar-refractivity contribution is 6.03. The maximum atomic E-state index is 13.4. The van der Waals surface area contributed by atoms with Crippen LogP contribution in [0.5, 0.6) is 0 Å². The number of amides is 1. The molecule has 6 nitrogen and oxygen atoms in total. The second-order valence-corrected chi connectivity index (χ2v) is 8.25. The Morgan fingerprint density at radius 3 is 2.65 bits per heavy atom. The molecule has 0 fully saturated rings. The van der Waals surface area contributed by atoms with Gasteiger partial charge in [-0.25, -0.2) is 5.01 Å². The van der Waals surface area contributed by atoms with E-state index in [1.165, 1.54) is 5.56 Å². The Morgan fingerprint density at radius 1 is 1.19 bits per heavy atom. The van der Waals surface area contributed by atoms with Crippen molar-refractivity contribution in [2.24, 2.45) is 5.10 Å². The van der Waals surface area contributed by atoms with Crippen LogP contribution in [0.15, 0.2) is 76.7 Å². The van der Waals surface area contributed by atoms with Gasteiger partial charge in [0.1, 0.15) is 11.8 Å². The molecule has 0 bridgehead atoms. The number of aromatic nitrogens is 1. The maximum absolute atomic E-state index is 13.4. The van der Waals surface area contributed by atoms with Crippen molar-refractivity contribution >= 4 is 11.6 Å². The number of rotatable bonds is 7. The third kappa shape index (κ3) is 4.91. The molecule has 1 atom stereocenters. The van der Waals surface area contributed by atoms with E-state index in [0.717, 1.165) is 22.6 Å². The SMILES string of the molecule is Cc1ccc(C2=NN(C(=O)CN(Cc3cccnc3)C(C)C)[C@@H](c3ccco3)C2)cc1. The predicted octanol–water partition coefficient (Wildman–Crippen LogP) is 4.57. The predicted molar refractivity (Wildman–Crippen MR) is 120 cm³/mol. The Balaban J connectivity index is 1.57. The van der Waals surface area contributed by atoms with E-state index in [9.17, 15) is 4.79 Å². The fourth-order valence-electron chi connectivity index (χ4n) is 3.76. The number of carbonyl (C=O) groups is 1. The maximum Gasteiger partial charge on any atom is 0.257 e. The average Bonchev–Trinajstić information content (AvgIpc) is 3.44. The number of nitrogens with zero attached hydrogens (tertiary/aromatic N) is 4. The molecule has 0 aliphatic carbocycles. The highest BCUT2D eigenvalue weighted by Gasteiger charge is 2.35. The summed E-state index contributed by atoms with van der Waals surface area (Å²) in [6.07, 6.45) is 5.88. The zero-order valence-corrected chi connectivity index (χ0v) is 18.2. The fraction of sp³-hybridized carbons (Fsp3) is 0.320. The topological polar surface area (TPSA) is 61.9 Å². The molecule has 1 aromatic carbocycles. The second kappa shape index (κ2) is 9.27. The largest absolute Gasteiger partial charge is 0.467 e. The molecule has 0 saturated carbocycles. The zero-order chi connectivity index (χ0) is 21.8. The average molecular weight is 417 g/mol. The lowest BCUT2D eigenvalue weighted by molar-refractivity contribution is -0.135. The van der Waals surface area contributed by atoms with E-state index in [0.29, 0.717) is 13.0 Å². The normalized spacial score (nSPS) is 16.2. The summed E-state index contributed by atoms with van der Waals surface area (Å²) in [6.45, 7) is 7.18. The molecular formula is C25H28N4O2. The number of hydrogen-bond acceptors (Lipinski definition) is 5. The number of furan rings is 1. The zero-order valence-electron chi connectivity index (χ0n) is 18.2. The second-order valence-electron chi connectivity index (χ2n) is 8.25. The molecule has 31 heavy (non-hydrogen) atoms. The van der Waals surface area contributed by atoms with Crippen LogP contribution >= 0.6 is 0 Å². The first-order valence-electron chi connectivity index (χ1n) is 10.6. The van der Waals surface area contributed by atoms with Gasteiger partial charge in [-0.15, -0.1) is 0 Å². The number of aryl methyl sites for hydroxylation is 1. The fourth-order valence-corrected chi connectivity index (χ4v) is 3.76. The number of carbonyl (C=O) groups excluding carboxylic acids is 1. The van der Waals surface area contributed by atoms with Gasteiger partial charge in [-0.2, -0.15) is 5.10 Å². The summed E-state index contributed by atoms with van der Waals surface area (Å²) in [5.41, 5.74) is 4.21. The molecule has 1 aliphatic heterocycles. The van der Waals surface area contributed by atoms with Crippen LogP contribution in [0.3, 0.4) is 0 Å². The molecule has 0 spiro atoms. The quantitative estimate of drug-likeness (QED) is 0.566. The first kappa shape index (κ1) is 21.0. The van der Waals surface area contributed by atoms with Gasteiger partial charge in [0.15, 0.2) is 0 Å². The van der Waals surface area contributed by atoms with Crippen LogP contribution in [0, 0.1) is 6.92 Å². The van der Waals surface area contributed by atoms with Gasteiger partial charge in [0.2, 0.25) is 0 Å². The lowest BCUT2D eigenvalue weighted by atomic mass is 10.0. The van der Waals surface area contributed by atoms with Gasteiger partial charge in [0.05, 0.1) is 18.5 Å². The van der Waals surface area contributed by atoms with Crippen molar-refractivity contribution in [2.75, 3.05) is 6.54 Å². The Bertz CT molecular complexity index is 1030. The first-order chi connectivity index (χ1) is 15.0. The summed E-state index contributed by atoms with van der Waals surface area (Å²) >= 11 is 0. The van der Waals surface area contributed by atoms with Gasteiger partial charge in [-0.3, -0.25) is 14.7 Å². The highest BCUT2D eigenvalue weighted by atomic mass is 16.3. The van der Waals surface area contributed by atoms with E-state index in [4.69, 9.17) is 9.52 Å². The molecular weight excluding hydrogens is 388 g/mol. The summed E-state index contributed by atoms with van der Waals surface area (Å²) < 4.78 is 5.66. The smallest absolute Gasteiger partial charge is 0.257 e. The van der Waals surface area contributed by atoms with Crippen molar-refractivity contribution in [3.05, 3.63) is 89.6 Å². The third-order valence-electron chi connectivity index (χ3n) is 5.60. The molecule has 0 radical (unpaired) electrons. The van der Waals surface area contributed by atoms with E-state index in [-0.39, 0.29) is 24.5 Å². The molecule has 1 aliphatic rings. The summed E-state index contributed by atoms with van der Waals surface area (Å²) in [6, 6.07) is 15.9. The lowest BCUT2D eigenvalue weighted by Gasteiger charge is -2.28. The number of hydrazone groups is 1. The van der Waals surface area contributed by atoms with Crippen molar-refractivity contribution in [2.45, 2.75) is 45.8 Å². The molecule has 3 aromatic rings. The summed E-state index contributed by atoms with van der Waals surface area (Å²) in [5.74, 6) is 0.712. The van der Waals surface area contributed by atoms with Crippen molar-refractivity contribution in [1.82, 2.24) is 14.9 Å². The van der Waals surface area contributed by atoms with E-state index in [1.54, 1.807) is 17.5 Å². The van der Waals surface area contributed by atoms with Gasteiger partial charge in [-0.05, 0) is 50.1 Å². The third-order valence-corrected chi connectivity index (χ3v) is 5.60. The van der Waals surface area contributed by atoms with Crippen LogP contribution in [0.25, 0.3) is 0 Å². The van der Waals surface area contributed by atoms with Crippen LogP contribution in [-0.4, -0.2) is 39.1 Å². The Labute approximate surface area is 183 Å². The van der Waals surface area contributed by atoms with Crippen molar-refractivity contribution in [3.63, 3.8) is 0 Å². The molecule has 0 unspecified atom stereocenters. The number of pyridine rings is 1. The monoisotopic (exact) mass is 416 g/mol. The van der Waals surface area contributed by atoms with Crippen LogP contribution in [0.2, 0.25) is 0 Å². The Kier molecular flexibility index (Phi) is 6.28. The summed E-state index contributed by atoms with van der Waals surface area (Å²) in [5, 5.41) is 6.35. The van der Waals surface area contributed by atoms with Crippen LogP contribution in [0.4, 0.5) is 0 Å². The number of hydrogen-bond donors (Lipinski definition) is 0. The van der Waals surface area contributed by atoms with Gasteiger partial charge >= 0.3 is 0 Å². The Hall–Kier alpha value is -3.25. The molecule has 3 heterocycles. The van der Waals surface area contributed by atoms with Crippen molar-refractivity contribution in [3.8, 4) is 0 Å². The standard InChI is InChI=1S/C25H28N4O2/c1-18(2)28(16-20-6-4-12-26-15-20)17-25(30)29-23(24-7-5-13-31-24)14-22(27-29)21-10-8-19(3)9-11-21/h4-13,15,18,23H,14,16-17H2,1-3H3/t23-/m1/s1. The molecule has 2 aromatic heterocycles. The molecule has 0 saturated heterocycles. The highest BCUT2D eigenvalue weighted by Crippen LogP contribution is 2.33. The van der Waals surface area contributed by atoms with E-state index >= 15 is 0 Å². The molecule has 1 amide bonds. The van der Waals surface area contributed by atoms with E-state index in [2.05, 4.69) is 54.9 Å². The summed E-state index contributed by atoms with van der Waals surface area (Å²) in [7, 11) is 0. The van der Waals surface area contributed by atoms with Gasteiger partial charge in [0.25, 0.3) is 5.91 Å². The summed E-state index contributed by atoms with van der Waals surface area (Å²) in [4.78, 5) is 19.7. The number of benzene rings is 1. The Morgan fingerprint density at radius 2 is 2.00 bits per heavy atom. The molecule has 160 valence electrons. The molecule has 6 heteroatoms. The molecule has 4 rings (SSSR count). The van der Waals surface area contributed by atoms with Gasteiger partial charge in [-0.1, -0.05) is 35.9 Å². The van der Waals surface area contributed by atoms with Gasteiger partial charge in [0, 0.05) is 31.4 Å². The first-order valence-corrected chi connectivity index (χ1v) is 10.6. The minimum absolute atomic E-state index is 0.0406. The van der Waals surface area contributed by atoms with Crippen LogP contribution in [-0.2, 0) is 11.3 Å². The molecule has 0 N–H and O–H groups in total. The van der Waals surface area contributed by atoms with Crippen molar-refractivity contribution < 1.29 is 9.21 Å². The van der Waals surface area contributed by atoms with Crippen molar-refractivity contribution in [1.29, 1.82) is 0 Å². The van der Waals surface area contributed by atoms with Crippen LogP contribution < -0.4 is 0 Å². The van der Waals surface area contributed by atoms with E-state index < -0.39 is 0 Å². The van der Waals surface area contributed by atoms with Gasteiger partial charge < -0.3 is 4.42 Å². The minimum Gasteiger partial charge on any atom is -0.467 e.